The highest BCUT2D eigenvalue weighted by Crippen LogP contribution is 2.26. The smallest absolute Gasteiger partial charge is 0.433 e. The van der Waals surface area contributed by atoms with Gasteiger partial charge in [-0.2, -0.15) is 0 Å². The Labute approximate surface area is 110 Å². The highest BCUT2D eigenvalue weighted by Gasteiger charge is 2.12. The van der Waals surface area contributed by atoms with Crippen LogP contribution in [0.1, 0.15) is 11.3 Å². The third kappa shape index (κ3) is 3.04. The highest BCUT2D eigenvalue weighted by atomic mass is 16.6. The summed E-state index contributed by atoms with van der Waals surface area (Å²) in [5.74, 6) is 0.954. The molecule has 100 valence electrons. The van der Waals surface area contributed by atoms with Crippen LogP contribution >= 0.6 is 0 Å². The first-order valence-corrected chi connectivity index (χ1v) is 5.72. The normalized spacial score (nSPS) is 10.2. The Kier molecular flexibility index (Phi) is 3.70. The molecule has 0 saturated carbocycles. The molecule has 2 aromatic rings. The standard InChI is InChI=1S/C13H14N2O4/c1-9-3-5-12(18-2)11(7-9)14-8-10-4-6-13(19-10)15(16)17/h3-7,14H,8H2,1-2H3. The Morgan fingerprint density at radius 2 is 2.16 bits per heavy atom. The number of hydrogen-bond acceptors (Lipinski definition) is 5. The Hall–Kier alpha value is -2.50. The van der Waals surface area contributed by atoms with Gasteiger partial charge in [-0.1, -0.05) is 6.07 Å². The van der Waals surface area contributed by atoms with Crippen LogP contribution in [0.25, 0.3) is 0 Å². The van der Waals surface area contributed by atoms with E-state index in [4.69, 9.17) is 9.15 Å². The van der Waals surface area contributed by atoms with E-state index in [0.717, 1.165) is 11.3 Å². The Balaban J connectivity index is 2.09. The van der Waals surface area contributed by atoms with Gasteiger partial charge in [-0.05, 0) is 30.7 Å². The summed E-state index contributed by atoms with van der Waals surface area (Å²) in [5.41, 5.74) is 1.91. The second kappa shape index (κ2) is 5.43. The van der Waals surface area contributed by atoms with Crippen molar-refractivity contribution < 1.29 is 14.1 Å². The van der Waals surface area contributed by atoms with Crippen molar-refractivity contribution in [1.82, 2.24) is 0 Å². The van der Waals surface area contributed by atoms with Crippen molar-refractivity contribution in [2.75, 3.05) is 12.4 Å². The predicted molar refractivity (Wildman–Crippen MR) is 70.4 cm³/mol. The number of nitro groups is 1. The average Bonchev–Trinajstić information content (AvgIpc) is 2.85. The van der Waals surface area contributed by atoms with Gasteiger partial charge in [0.25, 0.3) is 0 Å². The fraction of sp³-hybridized carbons (Fsp3) is 0.231. The van der Waals surface area contributed by atoms with Crippen molar-refractivity contribution >= 4 is 11.6 Å². The quantitative estimate of drug-likeness (QED) is 0.661. The largest absolute Gasteiger partial charge is 0.495 e. The SMILES string of the molecule is COc1ccc(C)cc1NCc1ccc([N+](=O)[O-])o1. The minimum absolute atomic E-state index is 0.256. The highest BCUT2D eigenvalue weighted by molar-refractivity contribution is 5.58. The summed E-state index contributed by atoms with van der Waals surface area (Å²) in [7, 11) is 1.59. The van der Waals surface area contributed by atoms with Crippen molar-refractivity contribution in [2.24, 2.45) is 0 Å². The molecule has 0 atom stereocenters. The molecule has 0 fully saturated rings. The van der Waals surface area contributed by atoms with Crippen LogP contribution in [0.3, 0.4) is 0 Å². The number of furan rings is 1. The number of methoxy groups -OCH3 is 1. The summed E-state index contributed by atoms with van der Waals surface area (Å²) in [6.45, 7) is 2.33. The summed E-state index contributed by atoms with van der Waals surface area (Å²) in [4.78, 5) is 9.95. The number of hydrogen-bond donors (Lipinski definition) is 1. The molecule has 19 heavy (non-hydrogen) atoms. The van der Waals surface area contributed by atoms with Crippen molar-refractivity contribution in [3.8, 4) is 5.75 Å². The van der Waals surface area contributed by atoms with E-state index < -0.39 is 4.92 Å². The number of nitrogens with zero attached hydrogens (tertiary/aromatic N) is 1. The van der Waals surface area contributed by atoms with Crippen LogP contribution in [-0.4, -0.2) is 12.0 Å². The molecule has 0 amide bonds. The fourth-order valence-corrected chi connectivity index (χ4v) is 1.70. The number of nitrogens with one attached hydrogen (secondary N) is 1. The molecule has 0 saturated heterocycles. The lowest BCUT2D eigenvalue weighted by Crippen LogP contribution is -2.00. The molecule has 1 heterocycles. The van der Waals surface area contributed by atoms with Crippen LogP contribution in [0.15, 0.2) is 34.7 Å². The van der Waals surface area contributed by atoms with E-state index in [2.05, 4.69) is 5.32 Å². The van der Waals surface area contributed by atoms with Gasteiger partial charge in [0.05, 0.1) is 25.4 Å². The monoisotopic (exact) mass is 262 g/mol. The van der Waals surface area contributed by atoms with E-state index in [0.29, 0.717) is 18.1 Å². The lowest BCUT2D eigenvalue weighted by atomic mass is 10.2. The van der Waals surface area contributed by atoms with E-state index in [1.807, 2.05) is 25.1 Å². The third-order valence-corrected chi connectivity index (χ3v) is 2.64. The van der Waals surface area contributed by atoms with Gasteiger partial charge in [0.15, 0.2) is 0 Å². The molecule has 0 aliphatic rings. The van der Waals surface area contributed by atoms with Crippen LogP contribution < -0.4 is 10.1 Å². The Morgan fingerprint density at radius 1 is 1.37 bits per heavy atom. The Bertz CT molecular complexity index is 592. The maximum absolute atomic E-state index is 10.5. The summed E-state index contributed by atoms with van der Waals surface area (Å²) in [5, 5.41) is 13.6. The molecule has 0 aliphatic heterocycles. The van der Waals surface area contributed by atoms with E-state index in [1.165, 1.54) is 6.07 Å². The molecule has 2 rings (SSSR count). The molecule has 0 radical (unpaired) electrons. The molecular formula is C13H14N2O4. The van der Waals surface area contributed by atoms with Gasteiger partial charge >= 0.3 is 5.88 Å². The molecule has 1 aromatic heterocycles. The zero-order valence-corrected chi connectivity index (χ0v) is 10.7. The molecule has 0 aliphatic carbocycles. The van der Waals surface area contributed by atoms with E-state index >= 15 is 0 Å². The van der Waals surface area contributed by atoms with Crippen molar-refractivity contribution in [3.05, 3.63) is 51.8 Å². The van der Waals surface area contributed by atoms with Gasteiger partial charge in [0.1, 0.15) is 16.4 Å². The van der Waals surface area contributed by atoms with Gasteiger partial charge in [0, 0.05) is 0 Å². The van der Waals surface area contributed by atoms with Crippen LogP contribution in [0.4, 0.5) is 11.6 Å². The minimum Gasteiger partial charge on any atom is -0.495 e. The molecule has 6 nitrogen and oxygen atoms in total. The maximum Gasteiger partial charge on any atom is 0.433 e. The van der Waals surface area contributed by atoms with E-state index in [9.17, 15) is 10.1 Å². The van der Waals surface area contributed by atoms with Crippen LogP contribution in [-0.2, 0) is 6.54 Å². The number of benzene rings is 1. The number of aryl methyl sites for hydroxylation is 1. The number of anilines is 1. The first kappa shape index (κ1) is 12.9. The average molecular weight is 262 g/mol. The first-order chi connectivity index (χ1) is 9.10. The molecule has 6 heteroatoms. The lowest BCUT2D eigenvalue weighted by molar-refractivity contribution is -0.402. The van der Waals surface area contributed by atoms with E-state index in [-0.39, 0.29) is 5.88 Å². The zero-order valence-electron chi connectivity index (χ0n) is 10.7. The van der Waals surface area contributed by atoms with Gasteiger partial charge < -0.3 is 14.5 Å². The molecule has 0 bridgehead atoms. The van der Waals surface area contributed by atoms with Crippen LogP contribution in [0.5, 0.6) is 5.75 Å². The topological polar surface area (TPSA) is 77.5 Å². The summed E-state index contributed by atoms with van der Waals surface area (Å²) in [6, 6.07) is 8.66. The predicted octanol–water partition coefficient (Wildman–Crippen LogP) is 3.12. The second-order valence-electron chi connectivity index (χ2n) is 4.05. The fourth-order valence-electron chi connectivity index (χ4n) is 1.70. The molecule has 1 N–H and O–H groups in total. The van der Waals surface area contributed by atoms with E-state index in [1.54, 1.807) is 13.2 Å². The first-order valence-electron chi connectivity index (χ1n) is 5.72. The van der Waals surface area contributed by atoms with Crippen molar-refractivity contribution in [3.63, 3.8) is 0 Å². The molecule has 1 aromatic carbocycles. The van der Waals surface area contributed by atoms with Gasteiger partial charge in [0.2, 0.25) is 0 Å². The number of ether oxygens (including phenoxy) is 1. The van der Waals surface area contributed by atoms with Gasteiger partial charge in [-0.3, -0.25) is 10.1 Å². The van der Waals surface area contributed by atoms with Gasteiger partial charge in [-0.15, -0.1) is 0 Å². The van der Waals surface area contributed by atoms with Crippen LogP contribution in [0, 0.1) is 17.0 Å². The van der Waals surface area contributed by atoms with Crippen LogP contribution in [0.2, 0.25) is 0 Å². The number of rotatable bonds is 5. The third-order valence-electron chi connectivity index (χ3n) is 2.64. The summed E-state index contributed by atoms with van der Waals surface area (Å²) < 4.78 is 10.3. The lowest BCUT2D eigenvalue weighted by Gasteiger charge is -2.10. The summed E-state index contributed by atoms with van der Waals surface area (Å²) >= 11 is 0. The minimum atomic E-state index is -0.559. The maximum atomic E-state index is 10.5. The van der Waals surface area contributed by atoms with Crippen molar-refractivity contribution in [1.29, 1.82) is 0 Å². The zero-order chi connectivity index (χ0) is 13.8. The molecule has 0 spiro atoms. The Morgan fingerprint density at radius 3 is 2.79 bits per heavy atom. The summed E-state index contributed by atoms with van der Waals surface area (Å²) in [6.07, 6.45) is 0. The molecule has 0 unspecified atom stereocenters. The van der Waals surface area contributed by atoms with Gasteiger partial charge in [-0.25, -0.2) is 0 Å². The molecular weight excluding hydrogens is 248 g/mol. The van der Waals surface area contributed by atoms with Crippen molar-refractivity contribution in [2.45, 2.75) is 13.5 Å². The second-order valence-corrected chi connectivity index (χ2v) is 4.05.